The number of nitrogens with zero attached hydrogens (tertiary/aromatic N) is 2. The van der Waals surface area contributed by atoms with E-state index in [2.05, 4.69) is 4.98 Å². The number of aromatic amines is 1. The average molecular weight is 560 g/mol. The number of H-pyrrole nitrogens is 1. The fraction of sp³-hybridized carbons (Fsp3) is 0.200. The summed E-state index contributed by atoms with van der Waals surface area (Å²) in [7, 11) is -3.82. The van der Waals surface area contributed by atoms with Gasteiger partial charge in [-0.3, -0.25) is 4.57 Å². The number of para-hydroxylation sites is 1. The van der Waals surface area contributed by atoms with Crippen molar-refractivity contribution in [2.75, 3.05) is 6.54 Å². The van der Waals surface area contributed by atoms with E-state index in [0.717, 1.165) is 16.7 Å². The summed E-state index contributed by atoms with van der Waals surface area (Å²) in [6, 6.07) is 15.7. The van der Waals surface area contributed by atoms with E-state index in [4.69, 9.17) is 34.1 Å². The molecule has 0 saturated carbocycles. The molecular formula is C25H23Cl2N5O4S. The lowest BCUT2D eigenvalue weighted by Gasteiger charge is -2.39. The van der Waals surface area contributed by atoms with Crippen molar-refractivity contribution in [2.24, 2.45) is 10.9 Å². The van der Waals surface area contributed by atoms with Crippen molar-refractivity contribution in [3.63, 3.8) is 0 Å². The third-order valence-corrected chi connectivity index (χ3v) is 8.47. The number of rotatable bonds is 4. The number of hydrogen-bond donors (Lipinski definition) is 3. The smallest absolute Gasteiger partial charge is 0.326 e. The summed E-state index contributed by atoms with van der Waals surface area (Å²) in [5.41, 5.74) is 8.96. The first-order chi connectivity index (χ1) is 17.5. The van der Waals surface area contributed by atoms with Crippen molar-refractivity contribution < 1.29 is 13.2 Å². The minimum absolute atomic E-state index is 0.00374. The largest absolute Gasteiger partial charge is 0.351 e. The van der Waals surface area contributed by atoms with Crippen molar-refractivity contribution in [3.8, 4) is 11.1 Å². The predicted octanol–water partition coefficient (Wildman–Crippen LogP) is 4.41. The Hall–Kier alpha value is -3.31. The Labute approximate surface area is 222 Å². The zero-order chi connectivity index (χ0) is 26.5. The van der Waals surface area contributed by atoms with Crippen LogP contribution < -0.4 is 16.6 Å². The topological polar surface area (TPSA) is 144 Å². The van der Waals surface area contributed by atoms with Crippen LogP contribution in [0.15, 0.2) is 70.4 Å². The van der Waals surface area contributed by atoms with Crippen LogP contribution in [-0.2, 0) is 10.0 Å². The Morgan fingerprint density at radius 1 is 1.03 bits per heavy atom. The molecule has 3 aromatic carbocycles. The Balaban J connectivity index is 1.55. The zero-order valence-electron chi connectivity index (χ0n) is 19.4. The average Bonchev–Trinajstić information content (AvgIpc) is 3.20. The number of amides is 2. The van der Waals surface area contributed by atoms with E-state index in [0.29, 0.717) is 40.5 Å². The molecule has 1 fully saturated rings. The lowest BCUT2D eigenvalue weighted by Crippen LogP contribution is -2.45. The van der Waals surface area contributed by atoms with Crippen LogP contribution in [-0.4, -0.2) is 35.4 Å². The molecule has 0 spiro atoms. The molecule has 12 heteroatoms. The van der Waals surface area contributed by atoms with Crippen molar-refractivity contribution in [3.05, 3.63) is 86.8 Å². The van der Waals surface area contributed by atoms with Gasteiger partial charge in [-0.25, -0.2) is 23.1 Å². The SMILES string of the molecule is NC(=O)N1CCC(n2c(=O)[nH]c3c(-c4ccc(S(N)(=O)=O)cc4)cccc32)CC1c1ccc(Cl)c(Cl)c1. The van der Waals surface area contributed by atoms with E-state index in [1.165, 1.54) is 12.1 Å². The van der Waals surface area contributed by atoms with E-state index in [1.807, 2.05) is 18.2 Å². The Bertz CT molecular complexity index is 1680. The fourth-order valence-electron chi connectivity index (χ4n) is 5.06. The number of aromatic nitrogens is 2. The quantitative estimate of drug-likeness (QED) is 0.340. The molecule has 5 N–H and O–H groups in total. The first kappa shape index (κ1) is 25.3. The van der Waals surface area contributed by atoms with Crippen LogP contribution in [0.4, 0.5) is 4.79 Å². The van der Waals surface area contributed by atoms with Crippen molar-refractivity contribution in [1.82, 2.24) is 14.5 Å². The molecule has 1 aliphatic rings. The van der Waals surface area contributed by atoms with Crippen LogP contribution >= 0.6 is 23.2 Å². The van der Waals surface area contributed by atoms with E-state index in [9.17, 15) is 18.0 Å². The number of nitrogens with one attached hydrogen (secondary N) is 1. The summed E-state index contributed by atoms with van der Waals surface area (Å²) in [5.74, 6) is 0. The number of carbonyl (C=O) groups excluding carboxylic acids is 1. The number of primary amides is 1. The number of primary sulfonamides is 1. The number of hydrogen-bond acceptors (Lipinski definition) is 4. The molecule has 1 saturated heterocycles. The van der Waals surface area contributed by atoms with Crippen molar-refractivity contribution in [1.29, 1.82) is 0 Å². The van der Waals surface area contributed by atoms with Gasteiger partial charge in [-0.15, -0.1) is 0 Å². The van der Waals surface area contributed by atoms with Crippen LogP contribution in [0.3, 0.4) is 0 Å². The molecule has 0 bridgehead atoms. The first-order valence-corrected chi connectivity index (χ1v) is 13.7. The van der Waals surface area contributed by atoms with Gasteiger partial charge in [-0.2, -0.15) is 0 Å². The standard InChI is InChI=1S/C25H23Cl2N5O4S/c26-19-9-6-15(12-20(19)27)22-13-16(10-11-31(22)24(28)33)32-21-3-1-2-18(23(21)30-25(32)34)14-4-7-17(8-5-14)37(29,35)36/h1-9,12,16,22H,10-11,13H2,(H2,28,33)(H,30,34)(H2,29,35,36). The van der Waals surface area contributed by atoms with Gasteiger partial charge >= 0.3 is 11.7 Å². The molecule has 4 aromatic rings. The number of urea groups is 1. The minimum Gasteiger partial charge on any atom is -0.351 e. The molecule has 0 radical (unpaired) electrons. The molecular weight excluding hydrogens is 537 g/mol. The number of nitrogens with two attached hydrogens (primary N) is 2. The van der Waals surface area contributed by atoms with Crippen LogP contribution in [0.2, 0.25) is 10.0 Å². The second kappa shape index (κ2) is 9.53. The van der Waals surface area contributed by atoms with Crippen LogP contribution in [0.5, 0.6) is 0 Å². The summed E-state index contributed by atoms with van der Waals surface area (Å²) in [5, 5.41) is 5.99. The Kier molecular flexibility index (Phi) is 6.53. The highest BCUT2D eigenvalue weighted by Gasteiger charge is 2.34. The number of benzene rings is 3. The number of halogens is 2. The van der Waals surface area contributed by atoms with Gasteiger partial charge in [0.05, 0.1) is 32.0 Å². The third-order valence-electron chi connectivity index (χ3n) is 6.80. The lowest BCUT2D eigenvalue weighted by atomic mass is 9.91. The van der Waals surface area contributed by atoms with E-state index >= 15 is 0 Å². The Morgan fingerprint density at radius 2 is 1.76 bits per heavy atom. The summed E-state index contributed by atoms with van der Waals surface area (Å²) in [4.78, 5) is 30.0. The van der Waals surface area contributed by atoms with Crippen LogP contribution in [0, 0.1) is 0 Å². The number of fused-ring (bicyclic) bond motifs is 1. The minimum atomic E-state index is -3.82. The van der Waals surface area contributed by atoms with Gasteiger partial charge in [0.15, 0.2) is 0 Å². The first-order valence-electron chi connectivity index (χ1n) is 11.4. The molecule has 5 rings (SSSR count). The maximum absolute atomic E-state index is 13.2. The van der Waals surface area contributed by atoms with E-state index in [-0.39, 0.29) is 16.6 Å². The summed E-state index contributed by atoms with van der Waals surface area (Å²) in [6.07, 6.45) is 0.974. The highest BCUT2D eigenvalue weighted by Crippen LogP contribution is 2.39. The van der Waals surface area contributed by atoms with Crippen molar-refractivity contribution >= 4 is 50.3 Å². The van der Waals surface area contributed by atoms with Crippen LogP contribution in [0.25, 0.3) is 22.2 Å². The number of carbonyl (C=O) groups is 1. The monoisotopic (exact) mass is 559 g/mol. The maximum atomic E-state index is 13.2. The number of imidazole rings is 1. The third kappa shape index (κ3) is 4.73. The lowest BCUT2D eigenvalue weighted by molar-refractivity contribution is 0.136. The highest BCUT2D eigenvalue weighted by molar-refractivity contribution is 7.89. The molecule has 9 nitrogen and oxygen atoms in total. The molecule has 2 atom stereocenters. The molecule has 2 heterocycles. The fourth-order valence-corrected chi connectivity index (χ4v) is 5.88. The normalized spacial score (nSPS) is 18.3. The zero-order valence-corrected chi connectivity index (χ0v) is 21.7. The molecule has 2 amide bonds. The van der Waals surface area contributed by atoms with Gasteiger partial charge < -0.3 is 15.6 Å². The molecule has 1 aliphatic heterocycles. The molecule has 37 heavy (non-hydrogen) atoms. The number of piperidine rings is 1. The number of likely N-dealkylation sites (tertiary alicyclic amines) is 1. The van der Waals surface area contributed by atoms with Gasteiger partial charge in [-0.1, -0.05) is 53.5 Å². The van der Waals surface area contributed by atoms with Gasteiger partial charge in [0.1, 0.15) is 0 Å². The van der Waals surface area contributed by atoms with Gasteiger partial charge in [0.25, 0.3) is 0 Å². The predicted molar refractivity (Wildman–Crippen MR) is 143 cm³/mol. The molecule has 192 valence electrons. The highest BCUT2D eigenvalue weighted by atomic mass is 35.5. The molecule has 2 unspecified atom stereocenters. The second-order valence-electron chi connectivity index (χ2n) is 8.97. The van der Waals surface area contributed by atoms with Gasteiger partial charge in [0, 0.05) is 18.2 Å². The summed E-state index contributed by atoms with van der Waals surface area (Å²) < 4.78 is 25.0. The second-order valence-corrected chi connectivity index (χ2v) is 11.3. The Morgan fingerprint density at radius 3 is 2.41 bits per heavy atom. The van der Waals surface area contributed by atoms with Gasteiger partial charge in [-0.05, 0) is 54.3 Å². The molecule has 1 aromatic heterocycles. The van der Waals surface area contributed by atoms with E-state index < -0.39 is 22.1 Å². The van der Waals surface area contributed by atoms with Crippen molar-refractivity contribution in [2.45, 2.75) is 29.8 Å². The van der Waals surface area contributed by atoms with Gasteiger partial charge in [0.2, 0.25) is 10.0 Å². The molecule has 0 aliphatic carbocycles. The summed E-state index contributed by atoms with van der Waals surface area (Å²) in [6.45, 7) is 0.360. The van der Waals surface area contributed by atoms with Crippen LogP contribution in [0.1, 0.15) is 30.5 Å². The van der Waals surface area contributed by atoms with E-state index in [1.54, 1.807) is 39.8 Å². The number of sulfonamides is 1. The maximum Gasteiger partial charge on any atom is 0.326 e. The summed E-state index contributed by atoms with van der Waals surface area (Å²) >= 11 is 12.3.